The van der Waals surface area contributed by atoms with E-state index in [1.165, 1.54) is 12.1 Å². The number of hydrogen-bond acceptors (Lipinski definition) is 2. The zero-order valence-electron chi connectivity index (χ0n) is 10.7. The molecule has 0 amide bonds. The Morgan fingerprint density at radius 3 is 2.55 bits per heavy atom. The summed E-state index contributed by atoms with van der Waals surface area (Å²) >= 11 is 12.0. The minimum atomic E-state index is -0.342. The van der Waals surface area contributed by atoms with Gasteiger partial charge in [-0.15, -0.1) is 0 Å². The SMILES string of the molecule is NNC(Cc1cccc(Cl)c1)Cc1ccc(F)cc1Cl. The van der Waals surface area contributed by atoms with E-state index in [9.17, 15) is 4.39 Å². The fourth-order valence-electron chi connectivity index (χ4n) is 2.09. The average Bonchev–Trinajstić information content (AvgIpc) is 2.41. The summed E-state index contributed by atoms with van der Waals surface area (Å²) in [5, 5.41) is 1.11. The van der Waals surface area contributed by atoms with Gasteiger partial charge in [-0.3, -0.25) is 11.3 Å². The molecule has 2 aromatic rings. The molecule has 2 nitrogen and oxygen atoms in total. The summed E-state index contributed by atoms with van der Waals surface area (Å²) < 4.78 is 13.0. The van der Waals surface area contributed by atoms with Gasteiger partial charge in [-0.25, -0.2) is 4.39 Å². The molecule has 0 aliphatic heterocycles. The number of halogens is 3. The number of nitrogens with two attached hydrogens (primary N) is 1. The number of hydrogen-bond donors (Lipinski definition) is 2. The highest BCUT2D eigenvalue weighted by Crippen LogP contribution is 2.20. The zero-order valence-corrected chi connectivity index (χ0v) is 12.3. The largest absolute Gasteiger partial charge is 0.271 e. The predicted octanol–water partition coefficient (Wildman–Crippen LogP) is 3.75. The fraction of sp³-hybridized carbons (Fsp3) is 0.200. The molecule has 106 valence electrons. The Hall–Kier alpha value is -1.13. The van der Waals surface area contributed by atoms with E-state index in [2.05, 4.69) is 5.43 Å². The lowest BCUT2D eigenvalue weighted by atomic mass is 9.99. The lowest BCUT2D eigenvalue weighted by Gasteiger charge is -2.17. The van der Waals surface area contributed by atoms with E-state index in [0.717, 1.165) is 11.1 Å². The summed E-state index contributed by atoms with van der Waals surface area (Å²) in [6, 6.07) is 12.0. The van der Waals surface area contributed by atoms with Gasteiger partial charge in [0.1, 0.15) is 5.82 Å². The standard InChI is InChI=1S/C15H15Cl2FN2/c16-12-3-1-2-10(6-12)7-14(20-19)8-11-4-5-13(18)9-15(11)17/h1-6,9,14,20H,7-8,19H2. The summed E-state index contributed by atoms with van der Waals surface area (Å²) in [6.45, 7) is 0. The molecule has 20 heavy (non-hydrogen) atoms. The van der Waals surface area contributed by atoms with Crippen molar-refractivity contribution in [1.29, 1.82) is 0 Å². The highest BCUT2D eigenvalue weighted by Gasteiger charge is 2.12. The molecule has 0 aromatic heterocycles. The third-order valence-corrected chi connectivity index (χ3v) is 3.68. The number of benzene rings is 2. The molecule has 1 atom stereocenters. The Morgan fingerprint density at radius 1 is 1.10 bits per heavy atom. The molecule has 0 aliphatic carbocycles. The molecule has 0 saturated heterocycles. The van der Waals surface area contributed by atoms with Gasteiger partial charge in [-0.05, 0) is 48.2 Å². The Labute approximate surface area is 127 Å². The van der Waals surface area contributed by atoms with Crippen LogP contribution in [0.5, 0.6) is 0 Å². The van der Waals surface area contributed by atoms with E-state index < -0.39 is 0 Å². The molecule has 3 N–H and O–H groups in total. The van der Waals surface area contributed by atoms with E-state index >= 15 is 0 Å². The molecule has 0 radical (unpaired) electrons. The van der Waals surface area contributed by atoms with E-state index in [-0.39, 0.29) is 11.9 Å². The van der Waals surface area contributed by atoms with E-state index in [1.807, 2.05) is 24.3 Å². The van der Waals surface area contributed by atoms with Crippen molar-refractivity contribution in [1.82, 2.24) is 5.43 Å². The molecule has 0 heterocycles. The van der Waals surface area contributed by atoms with Gasteiger partial charge < -0.3 is 0 Å². The van der Waals surface area contributed by atoms with Crippen molar-refractivity contribution in [3.05, 3.63) is 69.5 Å². The highest BCUT2D eigenvalue weighted by molar-refractivity contribution is 6.31. The average molecular weight is 313 g/mol. The van der Waals surface area contributed by atoms with Crippen LogP contribution in [0.4, 0.5) is 4.39 Å². The Morgan fingerprint density at radius 2 is 1.90 bits per heavy atom. The first kappa shape index (κ1) is 15.3. The van der Waals surface area contributed by atoms with Gasteiger partial charge in [0.25, 0.3) is 0 Å². The summed E-state index contributed by atoms with van der Waals surface area (Å²) in [4.78, 5) is 0. The van der Waals surface area contributed by atoms with Gasteiger partial charge in [-0.2, -0.15) is 0 Å². The van der Waals surface area contributed by atoms with Gasteiger partial charge in [-0.1, -0.05) is 41.4 Å². The maximum atomic E-state index is 13.0. The van der Waals surface area contributed by atoms with Gasteiger partial charge in [0.15, 0.2) is 0 Å². The molecule has 0 spiro atoms. The van der Waals surface area contributed by atoms with Crippen molar-refractivity contribution in [2.24, 2.45) is 5.84 Å². The zero-order chi connectivity index (χ0) is 14.5. The second-order valence-corrected chi connectivity index (χ2v) is 5.48. The Bertz CT molecular complexity index is 590. The molecular formula is C15H15Cl2FN2. The summed E-state index contributed by atoms with van der Waals surface area (Å²) in [6.07, 6.45) is 1.33. The van der Waals surface area contributed by atoms with Crippen LogP contribution in [0.2, 0.25) is 10.0 Å². The van der Waals surface area contributed by atoms with Gasteiger partial charge >= 0.3 is 0 Å². The van der Waals surface area contributed by atoms with Crippen LogP contribution in [0.1, 0.15) is 11.1 Å². The third-order valence-electron chi connectivity index (χ3n) is 3.09. The number of hydrazine groups is 1. The van der Waals surface area contributed by atoms with Crippen LogP contribution in [0.3, 0.4) is 0 Å². The van der Waals surface area contributed by atoms with Crippen LogP contribution < -0.4 is 11.3 Å². The second kappa shape index (κ2) is 7.04. The fourth-order valence-corrected chi connectivity index (χ4v) is 2.55. The minimum absolute atomic E-state index is 0.00331. The second-order valence-electron chi connectivity index (χ2n) is 4.64. The maximum absolute atomic E-state index is 13.0. The molecule has 1 unspecified atom stereocenters. The molecule has 0 saturated carbocycles. The molecular weight excluding hydrogens is 298 g/mol. The molecule has 2 rings (SSSR count). The van der Waals surface area contributed by atoms with Gasteiger partial charge in [0, 0.05) is 16.1 Å². The van der Waals surface area contributed by atoms with Gasteiger partial charge in [0.05, 0.1) is 0 Å². The monoisotopic (exact) mass is 312 g/mol. The molecule has 0 fully saturated rings. The first-order valence-electron chi connectivity index (χ1n) is 6.23. The van der Waals surface area contributed by atoms with E-state index in [1.54, 1.807) is 6.07 Å². The van der Waals surface area contributed by atoms with Crippen LogP contribution in [0.15, 0.2) is 42.5 Å². The van der Waals surface area contributed by atoms with Crippen molar-refractivity contribution in [3.63, 3.8) is 0 Å². The number of nitrogens with one attached hydrogen (secondary N) is 1. The third kappa shape index (κ3) is 4.18. The maximum Gasteiger partial charge on any atom is 0.124 e. The van der Waals surface area contributed by atoms with Gasteiger partial charge in [0.2, 0.25) is 0 Å². The highest BCUT2D eigenvalue weighted by atomic mass is 35.5. The summed E-state index contributed by atoms with van der Waals surface area (Å²) in [5.41, 5.74) is 4.71. The predicted molar refractivity (Wildman–Crippen MR) is 81.4 cm³/mol. The minimum Gasteiger partial charge on any atom is -0.271 e. The summed E-state index contributed by atoms with van der Waals surface area (Å²) in [7, 11) is 0. The molecule has 5 heteroatoms. The van der Waals surface area contributed by atoms with Crippen LogP contribution in [0.25, 0.3) is 0 Å². The molecule has 0 bridgehead atoms. The van der Waals surface area contributed by atoms with Crippen molar-refractivity contribution in [2.45, 2.75) is 18.9 Å². The van der Waals surface area contributed by atoms with Crippen LogP contribution >= 0.6 is 23.2 Å². The van der Waals surface area contributed by atoms with E-state index in [0.29, 0.717) is 22.9 Å². The van der Waals surface area contributed by atoms with Crippen molar-refractivity contribution in [3.8, 4) is 0 Å². The number of rotatable bonds is 5. The van der Waals surface area contributed by atoms with Crippen LogP contribution in [0, 0.1) is 5.82 Å². The smallest absolute Gasteiger partial charge is 0.124 e. The Kier molecular flexibility index (Phi) is 5.38. The first-order chi connectivity index (χ1) is 9.58. The quantitative estimate of drug-likeness (QED) is 0.652. The van der Waals surface area contributed by atoms with Crippen molar-refractivity contribution < 1.29 is 4.39 Å². The first-order valence-corrected chi connectivity index (χ1v) is 6.98. The van der Waals surface area contributed by atoms with Crippen molar-refractivity contribution >= 4 is 23.2 Å². The topological polar surface area (TPSA) is 38.0 Å². The lowest BCUT2D eigenvalue weighted by Crippen LogP contribution is -2.38. The normalized spacial score (nSPS) is 12.4. The summed E-state index contributed by atoms with van der Waals surface area (Å²) in [5.74, 6) is 5.24. The van der Waals surface area contributed by atoms with Crippen LogP contribution in [-0.2, 0) is 12.8 Å². The Balaban J connectivity index is 2.09. The van der Waals surface area contributed by atoms with Crippen LogP contribution in [-0.4, -0.2) is 6.04 Å². The van der Waals surface area contributed by atoms with E-state index in [4.69, 9.17) is 29.0 Å². The molecule has 0 aliphatic rings. The lowest BCUT2D eigenvalue weighted by molar-refractivity contribution is 0.522. The molecule has 2 aromatic carbocycles. The van der Waals surface area contributed by atoms with Crippen molar-refractivity contribution in [2.75, 3.05) is 0 Å².